The van der Waals surface area contributed by atoms with Crippen molar-refractivity contribution in [3.05, 3.63) is 94.7 Å². The number of halogens is 1. The maximum absolute atomic E-state index is 12.9. The maximum atomic E-state index is 12.9. The predicted octanol–water partition coefficient (Wildman–Crippen LogP) is 6.08. The van der Waals surface area contributed by atoms with Crippen molar-refractivity contribution in [1.82, 2.24) is 4.90 Å². The summed E-state index contributed by atoms with van der Waals surface area (Å²) in [6, 6.07) is 19.9. The highest BCUT2D eigenvalue weighted by Gasteiger charge is 2.37. The van der Waals surface area contributed by atoms with Gasteiger partial charge in [-0.25, -0.2) is 0 Å². The van der Waals surface area contributed by atoms with E-state index in [-0.39, 0.29) is 11.2 Å². The zero-order valence-electron chi connectivity index (χ0n) is 17.6. The Morgan fingerprint density at radius 3 is 2.59 bits per heavy atom. The van der Waals surface area contributed by atoms with Crippen LogP contribution < -0.4 is 0 Å². The molecule has 162 valence electrons. The Labute approximate surface area is 200 Å². The van der Waals surface area contributed by atoms with Crippen LogP contribution in [0.3, 0.4) is 0 Å². The fourth-order valence-corrected chi connectivity index (χ4v) is 4.69. The van der Waals surface area contributed by atoms with Gasteiger partial charge >= 0.3 is 0 Å². The Kier molecular flexibility index (Phi) is 7.07. The van der Waals surface area contributed by atoms with Gasteiger partial charge in [-0.15, -0.1) is 11.7 Å². The molecule has 0 saturated carbocycles. The summed E-state index contributed by atoms with van der Waals surface area (Å²) in [5.41, 5.74) is 3.30. The van der Waals surface area contributed by atoms with E-state index in [1.807, 2.05) is 36.4 Å². The summed E-state index contributed by atoms with van der Waals surface area (Å²) in [5, 5.41) is 8.84. The third-order valence-corrected chi connectivity index (χ3v) is 6.65. The van der Waals surface area contributed by atoms with E-state index >= 15 is 0 Å². The van der Waals surface area contributed by atoms with E-state index in [4.69, 9.17) is 4.42 Å². The molecule has 0 N–H and O–H groups in total. The molecule has 0 spiro atoms. The van der Waals surface area contributed by atoms with Gasteiger partial charge < -0.3 is 4.42 Å². The Morgan fingerprint density at radius 2 is 1.88 bits per heavy atom. The van der Waals surface area contributed by atoms with E-state index in [2.05, 4.69) is 63.9 Å². The number of benzene rings is 2. The molecular formula is C25H22BrN3O2S. The number of nitrogens with zero attached hydrogens (tertiary/aromatic N) is 3. The lowest BCUT2D eigenvalue weighted by Gasteiger charge is -2.12. The quantitative estimate of drug-likeness (QED) is 0.221. The molecule has 1 aliphatic rings. The summed E-state index contributed by atoms with van der Waals surface area (Å²) < 4.78 is 6.85. The van der Waals surface area contributed by atoms with Crippen LogP contribution in [-0.2, 0) is 11.2 Å². The zero-order chi connectivity index (χ0) is 22.5. The number of rotatable bonds is 7. The van der Waals surface area contributed by atoms with Crippen LogP contribution in [-0.4, -0.2) is 34.0 Å². The van der Waals surface area contributed by atoms with E-state index in [1.54, 1.807) is 17.2 Å². The Balaban J connectivity index is 1.47. The van der Waals surface area contributed by atoms with Crippen molar-refractivity contribution in [2.24, 2.45) is 10.2 Å². The summed E-state index contributed by atoms with van der Waals surface area (Å²) in [7, 11) is 0. The number of carbonyl (C=O) groups is 1. The highest BCUT2D eigenvalue weighted by Crippen LogP contribution is 2.30. The topological polar surface area (TPSA) is 58.2 Å². The van der Waals surface area contributed by atoms with Crippen LogP contribution in [0.25, 0.3) is 11.3 Å². The van der Waals surface area contributed by atoms with Gasteiger partial charge in [-0.3, -0.25) is 9.69 Å². The molecule has 0 radical (unpaired) electrons. The van der Waals surface area contributed by atoms with Crippen LogP contribution in [0, 0.1) is 6.92 Å². The molecular weight excluding hydrogens is 486 g/mol. The fourth-order valence-electron chi connectivity index (χ4n) is 3.28. The van der Waals surface area contributed by atoms with E-state index < -0.39 is 0 Å². The van der Waals surface area contributed by atoms with Gasteiger partial charge in [-0.1, -0.05) is 75.7 Å². The zero-order valence-corrected chi connectivity index (χ0v) is 20.0. The minimum absolute atomic E-state index is 0.0277. The second-order valence-corrected chi connectivity index (χ2v) is 9.46. The molecule has 7 heteroatoms. The number of aryl methyl sites for hydroxylation is 1. The molecule has 0 bridgehead atoms. The van der Waals surface area contributed by atoms with Crippen molar-refractivity contribution in [1.29, 1.82) is 0 Å². The van der Waals surface area contributed by atoms with Crippen molar-refractivity contribution < 1.29 is 9.21 Å². The van der Waals surface area contributed by atoms with Crippen LogP contribution in [0.15, 0.2) is 92.4 Å². The second-order valence-electron chi connectivity index (χ2n) is 7.37. The van der Waals surface area contributed by atoms with E-state index in [1.165, 1.54) is 17.3 Å². The maximum Gasteiger partial charge on any atom is 0.242 e. The first kappa shape index (κ1) is 22.3. The molecule has 4 rings (SSSR count). The fraction of sp³-hybridized carbons (Fsp3) is 0.160. The molecule has 2 heterocycles. The van der Waals surface area contributed by atoms with Gasteiger partial charge in [-0.05, 0) is 43.2 Å². The number of carbonyl (C=O) groups excluding carboxylic acids is 1. The van der Waals surface area contributed by atoms with E-state index in [0.717, 1.165) is 21.4 Å². The average Bonchev–Trinajstić information content (AvgIpc) is 3.37. The van der Waals surface area contributed by atoms with Gasteiger partial charge in [0, 0.05) is 16.6 Å². The van der Waals surface area contributed by atoms with Crippen molar-refractivity contribution >= 4 is 45.0 Å². The number of amidine groups is 1. The van der Waals surface area contributed by atoms with E-state index in [9.17, 15) is 4.79 Å². The lowest BCUT2D eigenvalue weighted by molar-refractivity contribution is -0.125. The lowest BCUT2D eigenvalue weighted by atomic mass is 10.1. The van der Waals surface area contributed by atoms with Crippen LogP contribution in [0.1, 0.15) is 16.9 Å². The lowest BCUT2D eigenvalue weighted by Crippen LogP contribution is -2.32. The molecule has 3 aromatic rings. The number of thioether (sulfide) groups is 1. The molecule has 1 saturated heterocycles. The summed E-state index contributed by atoms with van der Waals surface area (Å²) in [4.78, 5) is 14.5. The van der Waals surface area contributed by atoms with Gasteiger partial charge in [0.15, 0.2) is 5.17 Å². The van der Waals surface area contributed by atoms with Crippen LogP contribution in [0.2, 0.25) is 0 Å². The van der Waals surface area contributed by atoms with Gasteiger partial charge in [0.1, 0.15) is 11.5 Å². The normalized spacial score (nSPS) is 17.6. The molecule has 32 heavy (non-hydrogen) atoms. The minimum Gasteiger partial charge on any atom is -0.455 e. The number of hydrogen-bond donors (Lipinski definition) is 0. The Morgan fingerprint density at radius 1 is 1.12 bits per heavy atom. The summed E-state index contributed by atoms with van der Waals surface area (Å²) in [5.74, 6) is 1.37. The molecule has 1 aliphatic heterocycles. The Hall–Kier alpha value is -2.90. The minimum atomic E-state index is -0.223. The first-order valence-corrected chi connectivity index (χ1v) is 11.8. The van der Waals surface area contributed by atoms with Crippen molar-refractivity contribution in [2.75, 3.05) is 6.54 Å². The molecule has 0 aliphatic carbocycles. The molecule has 1 fully saturated rings. The molecule has 2 aromatic carbocycles. The summed E-state index contributed by atoms with van der Waals surface area (Å²) >= 11 is 4.87. The third-order valence-electron chi connectivity index (χ3n) is 4.96. The standard InChI is InChI=1S/C25H22BrN3O2S/c1-3-14-29-24(30)23(15-18-6-4-17(2)5-7-18)32-25(29)28-27-16-21-12-13-22(31-21)19-8-10-20(26)11-9-19/h3-13,16,23H,1,14-15H2,2H3/b27-16-,28-25+/t23-/m1/s1. The monoisotopic (exact) mass is 507 g/mol. The number of hydrogen-bond acceptors (Lipinski definition) is 5. The Bertz CT molecular complexity index is 1170. The highest BCUT2D eigenvalue weighted by molar-refractivity contribution is 9.10. The van der Waals surface area contributed by atoms with Crippen molar-refractivity contribution in [2.45, 2.75) is 18.6 Å². The molecule has 5 nitrogen and oxygen atoms in total. The average molecular weight is 508 g/mol. The van der Waals surface area contributed by atoms with Gasteiger partial charge in [0.05, 0.1) is 11.5 Å². The highest BCUT2D eigenvalue weighted by atomic mass is 79.9. The summed E-state index contributed by atoms with van der Waals surface area (Å²) in [6.07, 6.45) is 3.90. The van der Waals surface area contributed by atoms with Gasteiger partial charge in [0.25, 0.3) is 0 Å². The molecule has 0 unspecified atom stereocenters. The second kappa shape index (κ2) is 10.1. The van der Waals surface area contributed by atoms with Crippen molar-refractivity contribution in [3.8, 4) is 11.3 Å². The third kappa shape index (κ3) is 5.29. The predicted molar refractivity (Wildman–Crippen MR) is 135 cm³/mol. The van der Waals surface area contributed by atoms with Crippen LogP contribution in [0.5, 0.6) is 0 Å². The smallest absolute Gasteiger partial charge is 0.242 e. The van der Waals surface area contributed by atoms with E-state index in [0.29, 0.717) is 23.9 Å². The van der Waals surface area contributed by atoms with Crippen LogP contribution >= 0.6 is 27.7 Å². The molecule has 1 atom stereocenters. The number of furan rings is 1. The summed E-state index contributed by atoms with van der Waals surface area (Å²) in [6.45, 7) is 6.21. The molecule has 1 amide bonds. The molecule has 1 aromatic heterocycles. The van der Waals surface area contributed by atoms with Crippen molar-refractivity contribution in [3.63, 3.8) is 0 Å². The largest absolute Gasteiger partial charge is 0.455 e. The van der Waals surface area contributed by atoms with Gasteiger partial charge in [-0.2, -0.15) is 5.10 Å². The number of amides is 1. The van der Waals surface area contributed by atoms with Crippen LogP contribution in [0.4, 0.5) is 0 Å². The van der Waals surface area contributed by atoms with Gasteiger partial charge in [0.2, 0.25) is 5.91 Å². The SMILES string of the molecule is C=CCN1C(=O)[C@@H](Cc2ccc(C)cc2)S/C1=N/N=C\c1ccc(-c2ccc(Br)cc2)o1. The first-order valence-electron chi connectivity index (χ1n) is 10.1. The first-order chi connectivity index (χ1) is 15.5.